The molecule has 1 aliphatic heterocycles. The van der Waals surface area contributed by atoms with Crippen LogP contribution in [0.15, 0.2) is 12.2 Å². The molecule has 104 valence electrons. The van der Waals surface area contributed by atoms with Gasteiger partial charge in [0.1, 0.15) is 18.3 Å². The van der Waals surface area contributed by atoms with Gasteiger partial charge in [-0.15, -0.1) is 0 Å². The fourth-order valence-electron chi connectivity index (χ4n) is 1.53. The molecule has 1 unspecified atom stereocenters. The largest absolute Gasteiger partial charge is 0.394 e. The predicted molar refractivity (Wildman–Crippen MR) is 57.9 cm³/mol. The standard InChI is InChI=1S/C10H17NO7/c1-4(2)8(15)11-10(17)7(14)6(13)5(3-12)18-9(10)16/h5-7,9,12-14,16-17H,1,3H2,2H3,(H,11,15)/t5-,6-,7+,9?,10+/m1/s1. The zero-order valence-corrected chi connectivity index (χ0v) is 9.78. The second-order valence-corrected chi connectivity index (χ2v) is 4.20. The SMILES string of the molecule is C=C(C)C(=O)N[C@@]1(O)C(O)O[C@H](CO)[C@@H](O)[C@@H]1O. The summed E-state index contributed by atoms with van der Waals surface area (Å²) < 4.78 is 4.72. The molecule has 0 aromatic heterocycles. The van der Waals surface area contributed by atoms with Crippen molar-refractivity contribution in [3.8, 4) is 0 Å². The van der Waals surface area contributed by atoms with E-state index in [-0.39, 0.29) is 5.57 Å². The predicted octanol–water partition coefficient (Wildman–Crippen LogP) is -3.20. The van der Waals surface area contributed by atoms with E-state index in [2.05, 4.69) is 6.58 Å². The molecule has 8 heteroatoms. The molecule has 0 saturated carbocycles. The van der Waals surface area contributed by atoms with Gasteiger partial charge in [-0.25, -0.2) is 0 Å². The van der Waals surface area contributed by atoms with Crippen LogP contribution in [0.5, 0.6) is 0 Å². The lowest BCUT2D eigenvalue weighted by Crippen LogP contribution is -2.73. The van der Waals surface area contributed by atoms with Crippen molar-refractivity contribution >= 4 is 5.91 Å². The maximum Gasteiger partial charge on any atom is 0.248 e. The normalized spacial score (nSPS) is 40.3. The van der Waals surface area contributed by atoms with Gasteiger partial charge in [0.2, 0.25) is 17.9 Å². The summed E-state index contributed by atoms with van der Waals surface area (Å²) in [6.45, 7) is 4.01. The number of amides is 1. The Morgan fingerprint density at radius 2 is 2.00 bits per heavy atom. The van der Waals surface area contributed by atoms with Crippen LogP contribution in [-0.2, 0) is 9.53 Å². The molecule has 5 atom stereocenters. The van der Waals surface area contributed by atoms with E-state index >= 15 is 0 Å². The Bertz CT molecular complexity index is 347. The molecule has 0 bridgehead atoms. The van der Waals surface area contributed by atoms with E-state index in [1.165, 1.54) is 6.92 Å². The highest BCUT2D eigenvalue weighted by atomic mass is 16.6. The zero-order valence-electron chi connectivity index (χ0n) is 9.78. The lowest BCUT2D eigenvalue weighted by molar-refractivity contribution is -0.335. The van der Waals surface area contributed by atoms with E-state index in [1.54, 1.807) is 0 Å². The maximum absolute atomic E-state index is 11.4. The van der Waals surface area contributed by atoms with Crippen molar-refractivity contribution in [1.29, 1.82) is 0 Å². The van der Waals surface area contributed by atoms with Gasteiger partial charge in [-0.2, -0.15) is 0 Å². The lowest BCUT2D eigenvalue weighted by Gasteiger charge is -2.45. The summed E-state index contributed by atoms with van der Waals surface area (Å²) in [5, 5.41) is 49.6. The van der Waals surface area contributed by atoms with Crippen LogP contribution in [0.25, 0.3) is 0 Å². The van der Waals surface area contributed by atoms with E-state index in [4.69, 9.17) is 9.84 Å². The third-order valence-electron chi connectivity index (χ3n) is 2.72. The summed E-state index contributed by atoms with van der Waals surface area (Å²) in [6, 6.07) is 0. The van der Waals surface area contributed by atoms with Crippen molar-refractivity contribution in [2.75, 3.05) is 6.61 Å². The number of rotatable bonds is 3. The molecule has 0 aromatic rings. The number of hydrogen-bond donors (Lipinski definition) is 6. The van der Waals surface area contributed by atoms with E-state index in [0.29, 0.717) is 0 Å². The Morgan fingerprint density at radius 1 is 1.44 bits per heavy atom. The Balaban J connectivity index is 2.92. The van der Waals surface area contributed by atoms with Crippen LogP contribution >= 0.6 is 0 Å². The molecular weight excluding hydrogens is 246 g/mol. The third kappa shape index (κ3) is 2.53. The highest BCUT2D eigenvalue weighted by molar-refractivity contribution is 5.92. The summed E-state index contributed by atoms with van der Waals surface area (Å²) >= 11 is 0. The number of carbonyl (C=O) groups is 1. The number of carbonyl (C=O) groups excluding carboxylic acids is 1. The van der Waals surface area contributed by atoms with Crippen molar-refractivity contribution in [2.45, 2.75) is 37.3 Å². The number of nitrogens with one attached hydrogen (secondary N) is 1. The van der Waals surface area contributed by atoms with E-state index < -0.39 is 42.8 Å². The number of aliphatic hydroxyl groups excluding tert-OH is 4. The molecule has 1 amide bonds. The lowest BCUT2D eigenvalue weighted by atomic mass is 9.93. The average molecular weight is 263 g/mol. The second-order valence-electron chi connectivity index (χ2n) is 4.20. The minimum absolute atomic E-state index is 0.0293. The molecule has 1 fully saturated rings. The van der Waals surface area contributed by atoms with Gasteiger partial charge in [0.25, 0.3) is 0 Å². The van der Waals surface area contributed by atoms with E-state index in [1.807, 2.05) is 5.32 Å². The molecule has 1 heterocycles. The summed E-state index contributed by atoms with van der Waals surface area (Å²) in [6.07, 6.45) is -6.87. The van der Waals surface area contributed by atoms with Crippen LogP contribution < -0.4 is 5.32 Å². The van der Waals surface area contributed by atoms with Gasteiger partial charge >= 0.3 is 0 Å². The molecule has 0 radical (unpaired) electrons. The van der Waals surface area contributed by atoms with Crippen LogP contribution in [0.3, 0.4) is 0 Å². The smallest absolute Gasteiger partial charge is 0.248 e. The molecule has 1 aliphatic rings. The van der Waals surface area contributed by atoms with E-state index in [0.717, 1.165) is 0 Å². The van der Waals surface area contributed by atoms with Crippen LogP contribution in [0.1, 0.15) is 6.92 Å². The van der Waals surface area contributed by atoms with Crippen LogP contribution in [-0.4, -0.2) is 68.4 Å². The highest BCUT2D eigenvalue weighted by Crippen LogP contribution is 2.27. The van der Waals surface area contributed by atoms with Crippen molar-refractivity contribution in [3.63, 3.8) is 0 Å². The summed E-state index contributed by atoms with van der Waals surface area (Å²) in [5.74, 6) is -0.825. The monoisotopic (exact) mass is 263 g/mol. The van der Waals surface area contributed by atoms with Crippen molar-refractivity contribution in [1.82, 2.24) is 5.32 Å². The van der Waals surface area contributed by atoms with Gasteiger partial charge in [0.15, 0.2) is 0 Å². The third-order valence-corrected chi connectivity index (χ3v) is 2.72. The second kappa shape index (κ2) is 5.31. The van der Waals surface area contributed by atoms with Gasteiger partial charge in [-0.1, -0.05) is 6.58 Å². The van der Waals surface area contributed by atoms with Crippen LogP contribution in [0, 0.1) is 0 Å². The molecule has 1 rings (SSSR count). The average Bonchev–Trinajstić information content (AvgIpc) is 2.31. The first-order valence-electron chi connectivity index (χ1n) is 5.25. The maximum atomic E-state index is 11.4. The van der Waals surface area contributed by atoms with Crippen LogP contribution in [0.2, 0.25) is 0 Å². The Kier molecular flexibility index (Phi) is 4.43. The van der Waals surface area contributed by atoms with Crippen molar-refractivity contribution < 1.29 is 35.1 Å². The number of hydrogen-bond acceptors (Lipinski definition) is 7. The number of ether oxygens (including phenoxy) is 1. The van der Waals surface area contributed by atoms with Gasteiger partial charge < -0.3 is 35.6 Å². The summed E-state index contributed by atoms with van der Waals surface area (Å²) in [7, 11) is 0. The van der Waals surface area contributed by atoms with Gasteiger partial charge in [0.05, 0.1) is 6.61 Å². The number of aliphatic hydroxyl groups is 5. The molecule has 18 heavy (non-hydrogen) atoms. The van der Waals surface area contributed by atoms with Crippen molar-refractivity contribution in [2.24, 2.45) is 0 Å². The van der Waals surface area contributed by atoms with Gasteiger partial charge in [0, 0.05) is 5.57 Å². The van der Waals surface area contributed by atoms with Crippen molar-refractivity contribution in [3.05, 3.63) is 12.2 Å². The molecule has 8 nitrogen and oxygen atoms in total. The molecule has 0 aromatic carbocycles. The van der Waals surface area contributed by atoms with Gasteiger partial charge in [-0.05, 0) is 6.92 Å². The fourth-order valence-corrected chi connectivity index (χ4v) is 1.53. The Labute approximate surface area is 103 Å². The molecular formula is C10H17NO7. The summed E-state index contributed by atoms with van der Waals surface area (Å²) in [5.41, 5.74) is -2.55. The Hall–Kier alpha value is -1.03. The van der Waals surface area contributed by atoms with Crippen LogP contribution in [0.4, 0.5) is 0 Å². The molecule has 0 spiro atoms. The molecule has 6 N–H and O–H groups in total. The minimum atomic E-state index is -2.58. The van der Waals surface area contributed by atoms with E-state index in [9.17, 15) is 25.2 Å². The first-order valence-corrected chi connectivity index (χ1v) is 5.25. The quantitative estimate of drug-likeness (QED) is 0.233. The highest BCUT2D eigenvalue weighted by Gasteiger charge is 2.55. The molecule has 1 saturated heterocycles. The fraction of sp³-hybridized carbons (Fsp3) is 0.700. The first-order chi connectivity index (χ1) is 8.24. The minimum Gasteiger partial charge on any atom is -0.394 e. The molecule has 0 aliphatic carbocycles. The topological polar surface area (TPSA) is 139 Å². The Morgan fingerprint density at radius 3 is 2.44 bits per heavy atom. The van der Waals surface area contributed by atoms with Gasteiger partial charge in [-0.3, -0.25) is 4.79 Å². The summed E-state index contributed by atoms with van der Waals surface area (Å²) in [4.78, 5) is 11.4. The zero-order chi connectivity index (χ0) is 14.1. The first kappa shape index (κ1) is 15.0.